The number of fused-ring (bicyclic) bond motifs is 1. The summed E-state index contributed by atoms with van der Waals surface area (Å²) in [5.74, 6) is 1.10. The van der Waals surface area contributed by atoms with Crippen molar-refractivity contribution in [2.75, 3.05) is 7.11 Å². The highest BCUT2D eigenvalue weighted by molar-refractivity contribution is 6.45. The first-order valence-electron chi connectivity index (χ1n) is 14.6. The molecule has 1 fully saturated rings. The van der Waals surface area contributed by atoms with Crippen LogP contribution in [0.5, 0.6) is 0 Å². The lowest BCUT2D eigenvalue weighted by molar-refractivity contribution is -0.136. The summed E-state index contributed by atoms with van der Waals surface area (Å²) in [5.41, 5.74) is 4.54. The van der Waals surface area contributed by atoms with Gasteiger partial charge in [-0.25, -0.2) is 0 Å². The lowest BCUT2D eigenvalue weighted by atomic mass is 9.61. The monoisotopic (exact) mass is 518 g/mol. The van der Waals surface area contributed by atoms with Crippen LogP contribution in [0.15, 0.2) is 58.2 Å². The fourth-order valence-corrected chi connectivity index (χ4v) is 7.40. The summed E-state index contributed by atoms with van der Waals surface area (Å²) in [4.78, 5) is 39.9. The zero-order valence-electron chi connectivity index (χ0n) is 24.5. The Hall–Kier alpha value is -2.33. The third kappa shape index (κ3) is 5.39. The number of Topliss-reactive ketones (excluding diaryl/α,β-unsaturated/α-hetero) is 3. The highest BCUT2D eigenvalue weighted by atomic mass is 16.5. The van der Waals surface area contributed by atoms with Crippen molar-refractivity contribution in [2.24, 2.45) is 47.3 Å². The molecular weight excluding hydrogens is 472 g/mol. The van der Waals surface area contributed by atoms with Crippen LogP contribution in [0.2, 0.25) is 0 Å². The van der Waals surface area contributed by atoms with Gasteiger partial charge >= 0.3 is 0 Å². The van der Waals surface area contributed by atoms with Crippen molar-refractivity contribution in [3.63, 3.8) is 0 Å². The summed E-state index contributed by atoms with van der Waals surface area (Å²) in [6, 6.07) is 0. The van der Waals surface area contributed by atoms with Crippen molar-refractivity contribution in [3.05, 3.63) is 58.2 Å². The molecule has 7 unspecified atom stereocenters. The molecular formula is C34H46O4. The van der Waals surface area contributed by atoms with Crippen LogP contribution in [0.4, 0.5) is 0 Å². The molecule has 0 aromatic carbocycles. The summed E-state index contributed by atoms with van der Waals surface area (Å²) in [6.45, 7) is 14.6. The minimum Gasteiger partial charge on any atom is -0.376 e. The molecule has 4 heteroatoms. The van der Waals surface area contributed by atoms with Gasteiger partial charge in [0.25, 0.3) is 0 Å². The molecule has 4 nitrogen and oxygen atoms in total. The van der Waals surface area contributed by atoms with Crippen LogP contribution in [0.25, 0.3) is 0 Å². The van der Waals surface area contributed by atoms with Gasteiger partial charge in [-0.05, 0) is 80.3 Å². The zero-order valence-corrected chi connectivity index (χ0v) is 24.5. The first-order chi connectivity index (χ1) is 17.9. The topological polar surface area (TPSA) is 60.4 Å². The van der Waals surface area contributed by atoms with Crippen LogP contribution in [0.3, 0.4) is 0 Å². The van der Waals surface area contributed by atoms with Crippen molar-refractivity contribution in [1.82, 2.24) is 0 Å². The van der Waals surface area contributed by atoms with E-state index in [1.807, 2.05) is 19.1 Å². The van der Waals surface area contributed by atoms with E-state index in [4.69, 9.17) is 4.74 Å². The molecule has 206 valence electrons. The summed E-state index contributed by atoms with van der Waals surface area (Å²) in [6.07, 6.45) is 14.3. The summed E-state index contributed by atoms with van der Waals surface area (Å²) < 4.78 is 5.82. The Morgan fingerprint density at radius 1 is 1.00 bits per heavy atom. The molecule has 0 N–H and O–H groups in total. The Morgan fingerprint density at radius 3 is 2.32 bits per heavy atom. The van der Waals surface area contributed by atoms with Crippen molar-refractivity contribution in [2.45, 2.75) is 80.3 Å². The number of carbonyl (C=O) groups excluding carboxylic acids is 3. The van der Waals surface area contributed by atoms with Crippen LogP contribution >= 0.6 is 0 Å². The van der Waals surface area contributed by atoms with Crippen LogP contribution in [-0.2, 0) is 19.1 Å². The van der Waals surface area contributed by atoms with Gasteiger partial charge in [0.15, 0.2) is 0 Å². The predicted molar refractivity (Wildman–Crippen MR) is 152 cm³/mol. The molecule has 4 aliphatic carbocycles. The molecule has 0 bridgehead atoms. The molecule has 8 atom stereocenters. The average molecular weight is 519 g/mol. The molecule has 0 amide bonds. The maximum atomic E-state index is 14.1. The molecule has 0 aromatic heterocycles. The second-order valence-electron chi connectivity index (χ2n) is 12.8. The van der Waals surface area contributed by atoms with Gasteiger partial charge in [0.05, 0.1) is 12.0 Å². The Bertz CT molecular complexity index is 1140. The SMILES string of the molecule is COC1C=C2CC(C)=C(C(=O)C(=O)C(C)C)C2=CC1C(=O)C1CC(C)C(C(C)C2C=CC(C)=CC2)C[C@H]1C. The number of hydrogen-bond donors (Lipinski definition) is 0. The van der Waals surface area contributed by atoms with Gasteiger partial charge in [0.2, 0.25) is 11.6 Å². The molecule has 0 heterocycles. The molecule has 0 aromatic rings. The highest BCUT2D eigenvalue weighted by Crippen LogP contribution is 2.47. The normalized spacial score (nSPS) is 33.9. The molecule has 38 heavy (non-hydrogen) atoms. The fraction of sp³-hybridized carbons (Fsp3) is 0.618. The van der Waals surface area contributed by atoms with Gasteiger partial charge in [-0.2, -0.15) is 0 Å². The average Bonchev–Trinajstić information content (AvgIpc) is 3.21. The van der Waals surface area contributed by atoms with Crippen molar-refractivity contribution in [1.29, 1.82) is 0 Å². The maximum Gasteiger partial charge on any atom is 0.229 e. The van der Waals surface area contributed by atoms with Gasteiger partial charge in [-0.15, -0.1) is 0 Å². The van der Waals surface area contributed by atoms with Crippen molar-refractivity contribution >= 4 is 17.3 Å². The fourth-order valence-electron chi connectivity index (χ4n) is 7.40. The second-order valence-corrected chi connectivity index (χ2v) is 12.8. The smallest absolute Gasteiger partial charge is 0.229 e. The number of ether oxygens (including phenoxy) is 1. The molecule has 4 rings (SSSR count). The molecule has 0 saturated heterocycles. The minimum absolute atomic E-state index is 0.0325. The summed E-state index contributed by atoms with van der Waals surface area (Å²) in [5, 5.41) is 0. The third-order valence-corrected chi connectivity index (χ3v) is 9.86. The zero-order chi connectivity index (χ0) is 27.9. The quantitative estimate of drug-likeness (QED) is 0.324. The standard InChI is InChI=1S/C34H46O4/c1-18(2)32(35)34(37)31-22(6)13-25-16-30(38-8)29(17-28(25)31)33(36)27-15-20(4)26(14-21(27)5)23(7)24-11-9-19(3)10-12-24/h9-11,16-18,20-21,23-24,26-27,29-30H,12-15H2,1-8H3/t20?,21-,23?,24?,26?,27?,29?,30?/m1/s1. The summed E-state index contributed by atoms with van der Waals surface area (Å²) >= 11 is 0. The number of methoxy groups -OCH3 is 1. The van der Waals surface area contributed by atoms with E-state index in [-0.39, 0.29) is 29.5 Å². The molecule has 1 saturated carbocycles. The molecule has 0 aliphatic heterocycles. The molecule has 4 aliphatic rings. The van der Waals surface area contributed by atoms with E-state index in [9.17, 15) is 14.4 Å². The van der Waals surface area contributed by atoms with E-state index in [1.165, 1.54) is 5.57 Å². The van der Waals surface area contributed by atoms with Crippen molar-refractivity contribution < 1.29 is 19.1 Å². The minimum atomic E-state index is -0.440. The lowest BCUT2D eigenvalue weighted by Gasteiger charge is -2.44. The predicted octanol–water partition coefficient (Wildman–Crippen LogP) is 7.02. The number of ketones is 3. The molecule has 0 radical (unpaired) electrons. The van der Waals surface area contributed by atoms with E-state index in [2.05, 4.69) is 45.9 Å². The van der Waals surface area contributed by atoms with E-state index < -0.39 is 11.7 Å². The van der Waals surface area contributed by atoms with Gasteiger partial charge in [0.1, 0.15) is 5.78 Å². The van der Waals surface area contributed by atoms with Crippen LogP contribution in [0.1, 0.15) is 74.1 Å². The lowest BCUT2D eigenvalue weighted by Crippen LogP contribution is -2.42. The van der Waals surface area contributed by atoms with Gasteiger partial charge in [-0.3, -0.25) is 14.4 Å². The van der Waals surface area contributed by atoms with Crippen LogP contribution in [-0.4, -0.2) is 30.6 Å². The van der Waals surface area contributed by atoms with E-state index in [0.717, 1.165) is 36.0 Å². The highest BCUT2D eigenvalue weighted by Gasteiger charge is 2.44. The maximum absolute atomic E-state index is 14.1. The Morgan fingerprint density at radius 2 is 1.71 bits per heavy atom. The van der Waals surface area contributed by atoms with E-state index in [1.54, 1.807) is 21.0 Å². The first-order valence-corrected chi connectivity index (χ1v) is 14.6. The van der Waals surface area contributed by atoms with Gasteiger partial charge < -0.3 is 4.74 Å². The summed E-state index contributed by atoms with van der Waals surface area (Å²) in [7, 11) is 1.66. The number of allylic oxidation sites excluding steroid dienone is 8. The number of carbonyl (C=O) groups is 3. The van der Waals surface area contributed by atoms with E-state index >= 15 is 0 Å². The second kappa shape index (κ2) is 11.4. The van der Waals surface area contributed by atoms with Crippen LogP contribution in [0, 0.1) is 47.3 Å². The third-order valence-electron chi connectivity index (χ3n) is 9.86. The van der Waals surface area contributed by atoms with Gasteiger partial charge in [0, 0.05) is 24.5 Å². The Balaban J connectivity index is 1.54. The Labute approximate surface area is 229 Å². The first kappa shape index (κ1) is 28.7. The van der Waals surface area contributed by atoms with E-state index in [0.29, 0.717) is 41.6 Å². The largest absolute Gasteiger partial charge is 0.376 e. The number of rotatable bonds is 8. The van der Waals surface area contributed by atoms with Crippen molar-refractivity contribution in [3.8, 4) is 0 Å². The van der Waals surface area contributed by atoms with Gasteiger partial charge in [-0.1, -0.05) is 76.1 Å². The Kier molecular flexibility index (Phi) is 8.62. The van der Waals surface area contributed by atoms with Crippen LogP contribution < -0.4 is 0 Å². The molecule has 0 spiro atoms. The number of hydrogen-bond acceptors (Lipinski definition) is 4.